The van der Waals surface area contributed by atoms with Crippen molar-refractivity contribution in [1.82, 2.24) is 0 Å². The molecule has 1 fully saturated rings. The fourth-order valence-electron chi connectivity index (χ4n) is 7.02. The number of aliphatic imine (C=N–C) groups is 1. The molecule has 1 amide bonds. The highest BCUT2D eigenvalue weighted by Gasteiger charge is 2.46. The number of para-hydroxylation sites is 2. The number of fused-ring (bicyclic) bond motifs is 2. The monoisotopic (exact) mass is 609 g/mol. The van der Waals surface area contributed by atoms with Crippen molar-refractivity contribution in [3.8, 4) is 11.5 Å². The number of Topliss-reactive ketones (excluding diaryl/α,β-unsaturated/α-hetero) is 1. The topological polar surface area (TPSA) is 71.4 Å². The van der Waals surface area contributed by atoms with E-state index in [9.17, 15) is 9.59 Å². The summed E-state index contributed by atoms with van der Waals surface area (Å²) in [5.74, 6) is 0.801. The number of nitrogens with zero attached hydrogens (tertiary/aromatic N) is 3. The fourth-order valence-corrected chi connectivity index (χ4v) is 7.02. The first-order valence-electron chi connectivity index (χ1n) is 16.3. The Balaban J connectivity index is 1.69. The Bertz CT molecular complexity index is 1550. The Morgan fingerprint density at radius 1 is 0.978 bits per heavy atom. The average molecular weight is 610 g/mol. The third kappa shape index (κ3) is 6.49. The Hall–Kier alpha value is -4.13. The van der Waals surface area contributed by atoms with E-state index in [1.807, 2.05) is 48.5 Å². The van der Waals surface area contributed by atoms with Crippen LogP contribution in [0.4, 0.5) is 17.1 Å². The molecule has 5 rings (SSSR count). The van der Waals surface area contributed by atoms with E-state index in [4.69, 9.17) is 14.5 Å². The maximum atomic E-state index is 14.4. The summed E-state index contributed by atoms with van der Waals surface area (Å²) in [4.78, 5) is 37.4. The van der Waals surface area contributed by atoms with Gasteiger partial charge < -0.3 is 19.3 Å². The fraction of sp³-hybridized carbons (Fsp3) is 0.447. The van der Waals surface area contributed by atoms with Gasteiger partial charge in [-0.3, -0.25) is 14.6 Å². The van der Waals surface area contributed by atoms with E-state index < -0.39 is 12.0 Å². The number of amides is 1. The molecule has 4 unspecified atom stereocenters. The van der Waals surface area contributed by atoms with Gasteiger partial charge in [-0.15, -0.1) is 0 Å². The van der Waals surface area contributed by atoms with Crippen molar-refractivity contribution in [2.24, 2.45) is 10.9 Å². The van der Waals surface area contributed by atoms with Gasteiger partial charge in [0.25, 0.3) is 0 Å². The van der Waals surface area contributed by atoms with Crippen molar-refractivity contribution in [3.05, 3.63) is 77.9 Å². The van der Waals surface area contributed by atoms with E-state index in [0.29, 0.717) is 30.0 Å². The number of carbonyl (C=O) groups excluding carboxylic acids is 2. The lowest BCUT2D eigenvalue weighted by Crippen LogP contribution is -2.45. The molecular formula is C38H47N3O4. The summed E-state index contributed by atoms with van der Waals surface area (Å²) in [7, 11) is 1.65. The van der Waals surface area contributed by atoms with Crippen molar-refractivity contribution >= 4 is 34.5 Å². The van der Waals surface area contributed by atoms with Gasteiger partial charge in [0.2, 0.25) is 5.91 Å². The summed E-state index contributed by atoms with van der Waals surface area (Å²) >= 11 is 0. The summed E-state index contributed by atoms with van der Waals surface area (Å²) in [6, 6.07) is 21.9. The molecule has 1 aliphatic heterocycles. The first-order valence-corrected chi connectivity index (χ1v) is 16.3. The molecule has 7 heteroatoms. The van der Waals surface area contributed by atoms with Crippen LogP contribution in [0, 0.1) is 5.92 Å². The standard InChI is InChI=1S/C38H47N3O4/c1-9-25(6)45-36-22-29(40(23(2)3)24(4)5)16-19-31(36)38-37-33(39-32-12-10-11-13-34(32)41(38)26(7)42)20-28(21-35(37)43)27-14-17-30(44-8)18-15-27/h10-19,22-25,28,37-38H,9,20-21H2,1-8H3. The molecule has 0 spiro atoms. The lowest BCUT2D eigenvalue weighted by Gasteiger charge is -2.40. The highest BCUT2D eigenvalue weighted by Crippen LogP contribution is 2.49. The molecule has 0 bridgehead atoms. The summed E-state index contributed by atoms with van der Waals surface area (Å²) in [5, 5.41) is 0. The highest BCUT2D eigenvalue weighted by molar-refractivity contribution is 6.13. The molecule has 0 N–H and O–H groups in total. The minimum atomic E-state index is -0.604. The third-order valence-corrected chi connectivity index (χ3v) is 9.16. The SMILES string of the molecule is CCC(C)Oc1cc(N(C(C)C)C(C)C)ccc1C1C2C(=O)CC(c3ccc(OC)cc3)CC2=Nc2ccccc2N1C(C)=O. The molecule has 7 nitrogen and oxygen atoms in total. The van der Waals surface area contributed by atoms with Crippen molar-refractivity contribution in [2.75, 3.05) is 16.9 Å². The van der Waals surface area contributed by atoms with E-state index >= 15 is 0 Å². The van der Waals surface area contributed by atoms with E-state index in [0.717, 1.165) is 34.7 Å². The van der Waals surface area contributed by atoms with Gasteiger partial charge in [-0.1, -0.05) is 37.3 Å². The number of ether oxygens (including phenoxy) is 2. The number of ketones is 1. The Kier molecular flexibility index (Phi) is 9.66. The number of methoxy groups -OCH3 is 1. The molecule has 3 aromatic carbocycles. The molecule has 3 aromatic rings. The minimum Gasteiger partial charge on any atom is -0.497 e. The number of hydrogen-bond acceptors (Lipinski definition) is 6. The van der Waals surface area contributed by atoms with Crippen LogP contribution in [0.5, 0.6) is 11.5 Å². The largest absolute Gasteiger partial charge is 0.497 e. The van der Waals surface area contributed by atoms with E-state index in [1.54, 1.807) is 18.9 Å². The number of rotatable bonds is 9. The predicted molar refractivity (Wildman–Crippen MR) is 182 cm³/mol. The zero-order chi connectivity index (χ0) is 32.4. The van der Waals surface area contributed by atoms with Crippen LogP contribution >= 0.6 is 0 Å². The quantitative estimate of drug-likeness (QED) is 0.243. The second kappa shape index (κ2) is 13.5. The van der Waals surface area contributed by atoms with Crippen LogP contribution in [-0.4, -0.2) is 42.7 Å². The van der Waals surface area contributed by atoms with E-state index in [1.165, 1.54) is 0 Å². The first kappa shape index (κ1) is 32.3. The van der Waals surface area contributed by atoms with Gasteiger partial charge in [-0.25, -0.2) is 0 Å². The molecule has 1 aliphatic carbocycles. The van der Waals surface area contributed by atoms with Gasteiger partial charge in [0.05, 0.1) is 36.5 Å². The normalized spacial score (nSPS) is 20.2. The molecule has 1 saturated carbocycles. The molecule has 0 saturated heterocycles. The molecule has 1 heterocycles. The van der Waals surface area contributed by atoms with Crippen molar-refractivity contribution in [2.45, 2.75) is 97.9 Å². The smallest absolute Gasteiger partial charge is 0.224 e. The summed E-state index contributed by atoms with van der Waals surface area (Å²) in [6.45, 7) is 14.5. The third-order valence-electron chi connectivity index (χ3n) is 9.16. The van der Waals surface area contributed by atoms with Crippen molar-refractivity contribution in [1.29, 1.82) is 0 Å². The van der Waals surface area contributed by atoms with Crippen LogP contribution in [0.15, 0.2) is 71.7 Å². The van der Waals surface area contributed by atoms with E-state index in [2.05, 4.69) is 64.6 Å². The average Bonchev–Trinajstić information content (AvgIpc) is 3.15. The zero-order valence-corrected chi connectivity index (χ0v) is 27.9. The van der Waals surface area contributed by atoms with Crippen LogP contribution in [0.3, 0.4) is 0 Å². The predicted octanol–water partition coefficient (Wildman–Crippen LogP) is 8.44. The van der Waals surface area contributed by atoms with Gasteiger partial charge in [-0.05, 0) is 89.3 Å². The first-order chi connectivity index (χ1) is 21.5. The van der Waals surface area contributed by atoms with Crippen LogP contribution in [0.2, 0.25) is 0 Å². The Morgan fingerprint density at radius 3 is 2.29 bits per heavy atom. The van der Waals surface area contributed by atoms with Crippen LogP contribution < -0.4 is 19.3 Å². The summed E-state index contributed by atoms with van der Waals surface area (Å²) < 4.78 is 12.0. The van der Waals surface area contributed by atoms with Gasteiger partial charge in [-0.2, -0.15) is 0 Å². The second-order valence-corrected chi connectivity index (χ2v) is 12.9. The Morgan fingerprint density at radius 2 is 1.67 bits per heavy atom. The summed E-state index contributed by atoms with van der Waals surface area (Å²) in [5.41, 5.74) is 5.16. The molecule has 0 radical (unpaired) electrons. The molecule has 238 valence electrons. The number of benzene rings is 3. The second-order valence-electron chi connectivity index (χ2n) is 12.9. The lowest BCUT2D eigenvalue weighted by atomic mass is 9.72. The van der Waals surface area contributed by atoms with Gasteiger partial charge in [0, 0.05) is 48.5 Å². The van der Waals surface area contributed by atoms with E-state index in [-0.39, 0.29) is 35.8 Å². The lowest BCUT2D eigenvalue weighted by molar-refractivity contribution is -0.123. The number of carbonyl (C=O) groups is 2. The summed E-state index contributed by atoms with van der Waals surface area (Å²) in [6.07, 6.45) is 1.75. The van der Waals surface area contributed by atoms with Crippen LogP contribution in [0.1, 0.15) is 90.8 Å². The number of anilines is 2. The van der Waals surface area contributed by atoms with Gasteiger partial charge >= 0.3 is 0 Å². The Labute approximate surface area is 268 Å². The molecular weight excluding hydrogens is 562 g/mol. The van der Waals surface area contributed by atoms with Crippen molar-refractivity contribution in [3.63, 3.8) is 0 Å². The highest BCUT2D eigenvalue weighted by atomic mass is 16.5. The molecule has 45 heavy (non-hydrogen) atoms. The number of hydrogen-bond donors (Lipinski definition) is 0. The maximum Gasteiger partial charge on any atom is 0.224 e. The van der Waals surface area contributed by atoms with Crippen LogP contribution in [-0.2, 0) is 9.59 Å². The van der Waals surface area contributed by atoms with Gasteiger partial charge in [0.1, 0.15) is 17.3 Å². The molecule has 4 atom stereocenters. The molecule has 0 aromatic heterocycles. The maximum absolute atomic E-state index is 14.4. The minimum absolute atomic E-state index is 0.0149. The molecule has 2 aliphatic rings. The van der Waals surface area contributed by atoms with Gasteiger partial charge in [0.15, 0.2) is 0 Å². The van der Waals surface area contributed by atoms with Crippen molar-refractivity contribution < 1.29 is 19.1 Å². The van der Waals surface area contributed by atoms with Crippen LogP contribution in [0.25, 0.3) is 0 Å². The zero-order valence-electron chi connectivity index (χ0n) is 27.9.